The second-order valence-electron chi connectivity index (χ2n) is 4.32. The summed E-state index contributed by atoms with van der Waals surface area (Å²) in [4.78, 5) is 6.83. The van der Waals surface area contributed by atoms with Crippen LogP contribution < -0.4 is 0 Å². The largest absolute Gasteiger partial charge is 0.299 e. The molecule has 0 aliphatic rings. The maximum Gasteiger partial charge on any atom is 0.0604 e. The Bertz CT molecular complexity index is 303. The van der Waals surface area contributed by atoms with Gasteiger partial charge in [-0.3, -0.25) is 9.88 Å². The maximum atomic E-state index is 4.64. The molecule has 1 heterocycles. The zero-order valence-corrected chi connectivity index (χ0v) is 9.83. The number of pyridine rings is 1. The van der Waals surface area contributed by atoms with Crippen LogP contribution in [0.2, 0.25) is 0 Å². The maximum absolute atomic E-state index is 4.64. The van der Waals surface area contributed by atoms with Crippen LogP contribution in [-0.2, 0) is 12.0 Å². The molecule has 0 saturated carbocycles. The third-order valence-electron chi connectivity index (χ3n) is 2.91. The standard InChI is InChI=1S/C12H20N2/c1-6-10-8-7-9-11(13-10)12(2,3)14(4)5/h7-9H,6H2,1-5H3. The molecule has 0 atom stereocenters. The third kappa shape index (κ3) is 2.13. The highest BCUT2D eigenvalue weighted by Gasteiger charge is 2.24. The average molecular weight is 192 g/mol. The number of hydrogen-bond acceptors (Lipinski definition) is 2. The average Bonchev–Trinajstić information content (AvgIpc) is 2.17. The van der Waals surface area contributed by atoms with Gasteiger partial charge in [-0.2, -0.15) is 0 Å². The normalized spacial score (nSPS) is 12.1. The zero-order chi connectivity index (χ0) is 10.8. The summed E-state index contributed by atoms with van der Waals surface area (Å²) >= 11 is 0. The van der Waals surface area contributed by atoms with Crippen molar-refractivity contribution in [2.45, 2.75) is 32.7 Å². The lowest BCUT2D eigenvalue weighted by atomic mass is 9.98. The summed E-state index contributed by atoms with van der Waals surface area (Å²) in [6, 6.07) is 6.26. The minimum Gasteiger partial charge on any atom is -0.299 e. The summed E-state index contributed by atoms with van der Waals surface area (Å²) in [6.45, 7) is 6.51. The molecule has 1 aromatic heterocycles. The van der Waals surface area contributed by atoms with Gasteiger partial charge in [0.05, 0.1) is 11.2 Å². The summed E-state index contributed by atoms with van der Waals surface area (Å²) in [5.41, 5.74) is 2.31. The van der Waals surface area contributed by atoms with Gasteiger partial charge in [-0.1, -0.05) is 13.0 Å². The van der Waals surface area contributed by atoms with Crippen molar-refractivity contribution in [3.63, 3.8) is 0 Å². The van der Waals surface area contributed by atoms with Gasteiger partial charge in [0, 0.05) is 5.69 Å². The Morgan fingerprint density at radius 2 is 1.93 bits per heavy atom. The van der Waals surface area contributed by atoms with Crippen LogP contribution in [0.1, 0.15) is 32.2 Å². The number of hydrogen-bond donors (Lipinski definition) is 0. The second kappa shape index (κ2) is 4.09. The molecule has 0 radical (unpaired) electrons. The minimum absolute atomic E-state index is 0.00514. The van der Waals surface area contributed by atoms with E-state index in [1.165, 1.54) is 0 Å². The van der Waals surface area contributed by atoms with Crippen LogP contribution in [0.15, 0.2) is 18.2 Å². The summed E-state index contributed by atoms with van der Waals surface area (Å²) in [5, 5.41) is 0. The predicted molar refractivity (Wildman–Crippen MR) is 60.3 cm³/mol. The number of aromatic nitrogens is 1. The first-order valence-corrected chi connectivity index (χ1v) is 5.12. The molecule has 2 nitrogen and oxygen atoms in total. The molecular formula is C12H20N2. The fourth-order valence-corrected chi connectivity index (χ4v) is 1.25. The van der Waals surface area contributed by atoms with Gasteiger partial charge in [-0.25, -0.2) is 0 Å². The van der Waals surface area contributed by atoms with Crippen molar-refractivity contribution in [3.8, 4) is 0 Å². The summed E-state index contributed by atoms with van der Waals surface area (Å²) in [6.07, 6.45) is 0.997. The molecule has 0 aliphatic heterocycles. The van der Waals surface area contributed by atoms with Crippen molar-refractivity contribution in [1.29, 1.82) is 0 Å². The molecule has 0 aromatic carbocycles. The number of nitrogens with zero attached hydrogens (tertiary/aromatic N) is 2. The molecule has 1 rings (SSSR count). The first-order valence-electron chi connectivity index (χ1n) is 5.12. The topological polar surface area (TPSA) is 16.1 Å². The van der Waals surface area contributed by atoms with E-state index in [1.807, 2.05) is 0 Å². The number of aryl methyl sites for hydroxylation is 1. The van der Waals surface area contributed by atoms with Gasteiger partial charge < -0.3 is 0 Å². The monoisotopic (exact) mass is 192 g/mol. The first kappa shape index (κ1) is 11.2. The second-order valence-corrected chi connectivity index (χ2v) is 4.32. The van der Waals surface area contributed by atoms with Crippen molar-refractivity contribution in [3.05, 3.63) is 29.6 Å². The zero-order valence-electron chi connectivity index (χ0n) is 9.83. The Kier molecular flexibility index (Phi) is 3.27. The Hall–Kier alpha value is -0.890. The van der Waals surface area contributed by atoms with E-state index >= 15 is 0 Å². The molecule has 2 heteroatoms. The smallest absolute Gasteiger partial charge is 0.0604 e. The molecule has 78 valence electrons. The van der Waals surface area contributed by atoms with Crippen molar-refractivity contribution >= 4 is 0 Å². The van der Waals surface area contributed by atoms with Crippen molar-refractivity contribution < 1.29 is 0 Å². The Balaban J connectivity index is 3.06. The summed E-state index contributed by atoms with van der Waals surface area (Å²) < 4.78 is 0. The third-order valence-corrected chi connectivity index (χ3v) is 2.91. The summed E-state index contributed by atoms with van der Waals surface area (Å²) in [5.74, 6) is 0. The van der Waals surface area contributed by atoms with Crippen LogP contribution in [0.4, 0.5) is 0 Å². The molecule has 1 aromatic rings. The molecular weight excluding hydrogens is 172 g/mol. The molecule has 0 N–H and O–H groups in total. The highest BCUT2D eigenvalue weighted by atomic mass is 15.1. The van der Waals surface area contributed by atoms with Crippen LogP contribution in [0.3, 0.4) is 0 Å². The van der Waals surface area contributed by atoms with Gasteiger partial charge in [-0.05, 0) is 46.5 Å². The van der Waals surface area contributed by atoms with Gasteiger partial charge in [0.15, 0.2) is 0 Å². The van der Waals surface area contributed by atoms with E-state index in [2.05, 4.69) is 62.9 Å². The Labute approximate surface area is 87.0 Å². The molecule has 14 heavy (non-hydrogen) atoms. The van der Waals surface area contributed by atoms with Gasteiger partial charge in [0.2, 0.25) is 0 Å². The van der Waals surface area contributed by atoms with Gasteiger partial charge in [-0.15, -0.1) is 0 Å². The van der Waals surface area contributed by atoms with E-state index in [9.17, 15) is 0 Å². The van der Waals surface area contributed by atoms with E-state index in [0.29, 0.717) is 0 Å². The minimum atomic E-state index is 0.00514. The van der Waals surface area contributed by atoms with Crippen LogP contribution >= 0.6 is 0 Å². The highest BCUT2D eigenvalue weighted by Crippen LogP contribution is 2.23. The van der Waals surface area contributed by atoms with Crippen LogP contribution in [0.5, 0.6) is 0 Å². The van der Waals surface area contributed by atoms with E-state index in [0.717, 1.165) is 17.8 Å². The van der Waals surface area contributed by atoms with Gasteiger partial charge in [0.25, 0.3) is 0 Å². The molecule has 0 bridgehead atoms. The fraction of sp³-hybridized carbons (Fsp3) is 0.583. The van der Waals surface area contributed by atoms with Crippen LogP contribution in [0.25, 0.3) is 0 Å². The van der Waals surface area contributed by atoms with Crippen LogP contribution in [0, 0.1) is 0 Å². The molecule has 0 spiro atoms. The van der Waals surface area contributed by atoms with Crippen molar-refractivity contribution in [1.82, 2.24) is 9.88 Å². The van der Waals surface area contributed by atoms with Gasteiger partial charge in [0.1, 0.15) is 0 Å². The van der Waals surface area contributed by atoms with Crippen LogP contribution in [-0.4, -0.2) is 24.0 Å². The fourth-order valence-electron chi connectivity index (χ4n) is 1.25. The lowest BCUT2D eigenvalue weighted by Crippen LogP contribution is -2.36. The molecule has 0 saturated heterocycles. The summed E-state index contributed by atoms with van der Waals surface area (Å²) in [7, 11) is 4.17. The Morgan fingerprint density at radius 3 is 2.43 bits per heavy atom. The SMILES string of the molecule is CCc1cccc(C(C)(C)N(C)C)n1. The van der Waals surface area contributed by atoms with E-state index < -0.39 is 0 Å². The predicted octanol–water partition coefficient (Wildman–Crippen LogP) is 2.44. The lowest BCUT2D eigenvalue weighted by Gasteiger charge is -2.32. The first-order chi connectivity index (χ1) is 6.48. The van der Waals surface area contributed by atoms with Gasteiger partial charge >= 0.3 is 0 Å². The molecule has 0 unspecified atom stereocenters. The lowest BCUT2D eigenvalue weighted by molar-refractivity contribution is 0.191. The molecule has 0 aliphatic carbocycles. The van der Waals surface area contributed by atoms with E-state index in [-0.39, 0.29) is 5.54 Å². The number of rotatable bonds is 3. The van der Waals surface area contributed by atoms with Crippen molar-refractivity contribution in [2.24, 2.45) is 0 Å². The van der Waals surface area contributed by atoms with Crippen molar-refractivity contribution in [2.75, 3.05) is 14.1 Å². The van der Waals surface area contributed by atoms with E-state index in [4.69, 9.17) is 0 Å². The highest BCUT2D eigenvalue weighted by molar-refractivity contribution is 5.17. The molecule has 0 fully saturated rings. The van der Waals surface area contributed by atoms with E-state index in [1.54, 1.807) is 0 Å². The Morgan fingerprint density at radius 1 is 1.29 bits per heavy atom. The quantitative estimate of drug-likeness (QED) is 0.731. The molecule has 0 amide bonds.